The molecule has 0 spiro atoms. The lowest BCUT2D eigenvalue weighted by molar-refractivity contribution is 0.193. The summed E-state index contributed by atoms with van der Waals surface area (Å²) in [5.41, 5.74) is 7.38. The molecule has 0 aliphatic heterocycles. The molecule has 1 fully saturated rings. The maximum atomic E-state index is 6.21. The molecule has 78 valence electrons. The van der Waals surface area contributed by atoms with E-state index in [0.29, 0.717) is 5.92 Å². The van der Waals surface area contributed by atoms with Crippen LogP contribution < -0.4 is 5.73 Å². The monoisotopic (exact) mass is 193 g/mol. The Hall–Kier alpha value is -0.830. The molecule has 14 heavy (non-hydrogen) atoms. The first kappa shape index (κ1) is 9.71. The third-order valence-electron chi connectivity index (χ3n) is 3.57. The summed E-state index contributed by atoms with van der Waals surface area (Å²) >= 11 is 0. The Labute approximate surface area is 85.3 Å². The second-order valence-electron chi connectivity index (χ2n) is 4.52. The molecule has 1 heterocycles. The van der Waals surface area contributed by atoms with Gasteiger partial charge in [-0.3, -0.25) is 4.68 Å². The Morgan fingerprint density at radius 2 is 2.29 bits per heavy atom. The van der Waals surface area contributed by atoms with Gasteiger partial charge in [0.1, 0.15) is 0 Å². The zero-order valence-corrected chi connectivity index (χ0v) is 8.98. The fourth-order valence-electron chi connectivity index (χ4n) is 2.17. The Balaban J connectivity index is 2.03. The second-order valence-corrected chi connectivity index (χ2v) is 4.52. The first-order chi connectivity index (χ1) is 6.68. The van der Waals surface area contributed by atoms with E-state index in [9.17, 15) is 0 Å². The number of nitrogens with zero attached hydrogens (tertiary/aromatic N) is 2. The number of rotatable bonds is 3. The first-order valence-electron chi connectivity index (χ1n) is 5.42. The van der Waals surface area contributed by atoms with Gasteiger partial charge in [0.25, 0.3) is 0 Å². The molecular weight excluding hydrogens is 174 g/mol. The van der Waals surface area contributed by atoms with Crippen LogP contribution in [0.1, 0.15) is 37.8 Å². The van der Waals surface area contributed by atoms with E-state index >= 15 is 0 Å². The second kappa shape index (κ2) is 3.73. The smallest absolute Gasteiger partial charge is 0.0537 e. The number of nitrogens with two attached hydrogens (primary N) is 1. The van der Waals surface area contributed by atoms with Crippen molar-refractivity contribution in [3.05, 3.63) is 18.0 Å². The summed E-state index contributed by atoms with van der Waals surface area (Å²) in [5.74, 6) is 1.43. The molecule has 0 saturated heterocycles. The normalized spacial score (nSPS) is 21.6. The highest BCUT2D eigenvalue weighted by atomic mass is 15.2. The zero-order valence-electron chi connectivity index (χ0n) is 8.98. The minimum absolute atomic E-state index is 0.161. The summed E-state index contributed by atoms with van der Waals surface area (Å²) < 4.78 is 1.82. The van der Waals surface area contributed by atoms with Gasteiger partial charge in [0.2, 0.25) is 0 Å². The van der Waals surface area contributed by atoms with Gasteiger partial charge in [-0.05, 0) is 11.8 Å². The Morgan fingerprint density at radius 1 is 1.57 bits per heavy atom. The van der Waals surface area contributed by atoms with Crippen molar-refractivity contribution in [2.24, 2.45) is 24.6 Å². The van der Waals surface area contributed by atoms with Gasteiger partial charge in [0.05, 0.1) is 6.20 Å². The Kier molecular flexibility index (Phi) is 2.59. The molecule has 1 aromatic rings. The van der Waals surface area contributed by atoms with Crippen molar-refractivity contribution in [3.8, 4) is 0 Å². The highest BCUT2D eigenvalue weighted by molar-refractivity contribution is 5.11. The lowest BCUT2D eigenvalue weighted by atomic mass is 9.73. The quantitative estimate of drug-likeness (QED) is 0.796. The molecule has 1 saturated carbocycles. The molecule has 0 radical (unpaired) electrons. The summed E-state index contributed by atoms with van der Waals surface area (Å²) in [6.45, 7) is 2.27. The van der Waals surface area contributed by atoms with Crippen molar-refractivity contribution in [1.82, 2.24) is 9.78 Å². The van der Waals surface area contributed by atoms with Crippen LogP contribution in [0.2, 0.25) is 0 Å². The van der Waals surface area contributed by atoms with Crippen molar-refractivity contribution in [2.75, 3.05) is 0 Å². The van der Waals surface area contributed by atoms with Crippen LogP contribution in [0.5, 0.6) is 0 Å². The topological polar surface area (TPSA) is 43.8 Å². The summed E-state index contributed by atoms with van der Waals surface area (Å²) in [6.07, 6.45) is 8.01. The van der Waals surface area contributed by atoms with Crippen molar-refractivity contribution in [1.29, 1.82) is 0 Å². The van der Waals surface area contributed by atoms with Crippen LogP contribution in [-0.4, -0.2) is 9.78 Å². The van der Waals surface area contributed by atoms with Gasteiger partial charge in [-0.15, -0.1) is 0 Å². The van der Waals surface area contributed by atoms with E-state index in [4.69, 9.17) is 5.73 Å². The number of aromatic nitrogens is 2. The van der Waals surface area contributed by atoms with Crippen LogP contribution in [0.3, 0.4) is 0 Å². The van der Waals surface area contributed by atoms with Crippen LogP contribution >= 0.6 is 0 Å². The van der Waals surface area contributed by atoms with E-state index in [0.717, 1.165) is 5.92 Å². The number of aryl methyl sites for hydroxylation is 1. The molecule has 0 bridgehead atoms. The molecule has 0 amide bonds. The molecule has 2 unspecified atom stereocenters. The lowest BCUT2D eigenvalue weighted by Gasteiger charge is -2.34. The predicted molar refractivity (Wildman–Crippen MR) is 56.6 cm³/mol. The molecule has 2 rings (SSSR count). The van der Waals surface area contributed by atoms with Crippen LogP contribution in [0.25, 0.3) is 0 Å². The molecule has 0 aromatic carbocycles. The Morgan fingerprint density at radius 3 is 2.71 bits per heavy atom. The maximum Gasteiger partial charge on any atom is 0.0537 e. The van der Waals surface area contributed by atoms with Crippen LogP contribution in [0.4, 0.5) is 0 Å². The van der Waals surface area contributed by atoms with Crippen molar-refractivity contribution in [2.45, 2.75) is 32.2 Å². The summed E-state index contributed by atoms with van der Waals surface area (Å²) in [7, 11) is 1.93. The predicted octanol–water partition coefficient (Wildman–Crippen LogP) is 1.86. The third kappa shape index (κ3) is 1.69. The molecule has 3 nitrogen and oxygen atoms in total. The minimum atomic E-state index is 0.161. The van der Waals surface area contributed by atoms with E-state index in [1.54, 1.807) is 0 Å². The highest BCUT2D eigenvalue weighted by Gasteiger charge is 2.29. The maximum absolute atomic E-state index is 6.21. The van der Waals surface area contributed by atoms with Crippen molar-refractivity contribution >= 4 is 0 Å². The Bertz CT molecular complexity index is 301. The molecule has 1 aliphatic rings. The summed E-state index contributed by atoms with van der Waals surface area (Å²) in [4.78, 5) is 0. The first-order valence-corrected chi connectivity index (χ1v) is 5.42. The highest BCUT2D eigenvalue weighted by Crippen LogP contribution is 2.38. The van der Waals surface area contributed by atoms with E-state index in [-0.39, 0.29) is 6.04 Å². The van der Waals surface area contributed by atoms with E-state index in [1.807, 2.05) is 24.1 Å². The average Bonchev–Trinajstić information content (AvgIpc) is 2.47. The van der Waals surface area contributed by atoms with Crippen molar-refractivity contribution in [3.63, 3.8) is 0 Å². The van der Waals surface area contributed by atoms with Crippen LogP contribution in [0.15, 0.2) is 12.4 Å². The molecule has 2 N–H and O–H groups in total. The van der Waals surface area contributed by atoms with Crippen LogP contribution in [0, 0.1) is 11.8 Å². The van der Waals surface area contributed by atoms with Gasteiger partial charge >= 0.3 is 0 Å². The average molecular weight is 193 g/mol. The van der Waals surface area contributed by atoms with Gasteiger partial charge in [-0.25, -0.2) is 0 Å². The van der Waals surface area contributed by atoms with Crippen LogP contribution in [-0.2, 0) is 7.05 Å². The van der Waals surface area contributed by atoms with Gasteiger partial charge < -0.3 is 5.73 Å². The zero-order chi connectivity index (χ0) is 10.1. The molecule has 2 atom stereocenters. The van der Waals surface area contributed by atoms with Gasteiger partial charge in [-0.2, -0.15) is 5.10 Å². The largest absolute Gasteiger partial charge is 0.324 e. The third-order valence-corrected chi connectivity index (χ3v) is 3.57. The SMILES string of the molecule is CC(C1CCC1)C(N)c1cnn(C)c1. The van der Waals surface area contributed by atoms with E-state index < -0.39 is 0 Å². The minimum Gasteiger partial charge on any atom is -0.324 e. The van der Waals surface area contributed by atoms with E-state index in [2.05, 4.69) is 12.0 Å². The molecule has 1 aromatic heterocycles. The standard InChI is InChI=1S/C11H19N3/c1-8(9-4-3-5-9)11(12)10-6-13-14(2)7-10/h6-9,11H,3-5,12H2,1-2H3. The summed E-state index contributed by atoms with van der Waals surface area (Å²) in [5, 5.41) is 4.16. The van der Waals surface area contributed by atoms with E-state index in [1.165, 1.54) is 24.8 Å². The molecule has 3 heteroatoms. The van der Waals surface area contributed by atoms with Gasteiger partial charge in [-0.1, -0.05) is 26.2 Å². The fraction of sp³-hybridized carbons (Fsp3) is 0.727. The van der Waals surface area contributed by atoms with Gasteiger partial charge in [0.15, 0.2) is 0 Å². The molecular formula is C11H19N3. The van der Waals surface area contributed by atoms with Gasteiger partial charge in [0, 0.05) is 24.8 Å². The lowest BCUT2D eigenvalue weighted by Crippen LogP contribution is -2.29. The molecule has 1 aliphatic carbocycles. The van der Waals surface area contributed by atoms with Crippen molar-refractivity contribution < 1.29 is 0 Å². The number of hydrogen-bond donors (Lipinski definition) is 1. The fourth-order valence-corrected chi connectivity index (χ4v) is 2.17. The number of hydrogen-bond acceptors (Lipinski definition) is 2. The summed E-state index contributed by atoms with van der Waals surface area (Å²) in [6, 6.07) is 0.161.